The van der Waals surface area contributed by atoms with E-state index in [1.807, 2.05) is 0 Å². The van der Waals surface area contributed by atoms with E-state index >= 15 is 0 Å². The second kappa shape index (κ2) is 50.9. The fourth-order valence-electron chi connectivity index (χ4n) is 15.4. The molecule has 5 aliphatic carbocycles. The van der Waals surface area contributed by atoms with Crippen molar-refractivity contribution in [1.29, 1.82) is 0 Å². The minimum absolute atomic E-state index is 0. The normalized spacial score (nSPS) is 21.7. The van der Waals surface area contributed by atoms with Crippen molar-refractivity contribution in [2.45, 2.75) is 307 Å². The molecular formula is C88H115ClK2O32. The molecule has 668 valence electrons. The van der Waals surface area contributed by atoms with Gasteiger partial charge in [0.05, 0.1) is 63.0 Å². The summed E-state index contributed by atoms with van der Waals surface area (Å²) in [7, 11) is 0. The largest absolute Gasteiger partial charge is 1.00 e. The zero-order valence-corrected chi connectivity index (χ0v) is 80.1. The average Bonchev–Trinajstić information content (AvgIpc) is 1.41. The standard InChI is InChI=1S/2C19H24O7.3C15H20O4.C4H5ClO3.CH2O3.2K.H/c2*1-5-19(13-9-7-8-10-13,26-17(22)16(21)23-6-2)12-14-11-15(20)25-18(3,4)24-14;3*1-4-15(17,11-7-5-6-8-11)10-12-9-13(16)19-14(2,3)18-12;1-2-8-4(7)3(5)6;2-1-4-3;;;/h2*1,11,13H,6-10,12H2,2-4H3;3*1,9,11,17H,5-8,10H2,2-3H3;2H2,1H3;1,3H;;;/q;;;;;;;2*+1;-1/p-1. The molecule has 5 aliphatic heterocycles. The smallest absolute Gasteiger partial charge is 1.00 e. The van der Waals surface area contributed by atoms with E-state index in [0.717, 1.165) is 128 Å². The second-order valence-electron chi connectivity index (χ2n) is 32.1. The molecule has 5 unspecified atom stereocenters. The molecule has 10 rings (SSSR count). The molecule has 0 amide bonds. The molecule has 0 bridgehead atoms. The van der Waals surface area contributed by atoms with Gasteiger partial charge in [-0.15, -0.1) is 32.1 Å². The molecule has 10 aliphatic rings. The predicted octanol–water partition coefficient (Wildman–Crippen LogP) is 3.72. The minimum Gasteiger partial charge on any atom is -1.00 e. The third kappa shape index (κ3) is 36.6. The number of esters is 10. The van der Waals surface area contributed by atoms with E-state index in [1.165, 1.54) is 30.4 Å². The first-order valence-corrected chi connectivity index (χ1v) is 40.5. The first-order valence-electron chi connectivity index (χ1n) is 40.1. The van der Waals surface area contributed by atoms with Crippen LogP contribution < -0.4 is 108 Å². The van der Waals surface area contributed by atoms with Gasteiger partial charge in [-0.25, -0.2) is 47.9 Å². The number of carbonyl (C=O) groups is 12. The Morgan fingerprint density at radius 2 is 0.585 bits per heavy atom. The Bertz CT molecular complexity index is 3780. The van der Waals surface area contributed by atoms with Gasteiger partial charge in [0.25, 0.3) is 6.47 Å². The number of rotatable bonds is 22. The van der Waals surface area contributed by atoms with Crippen LogP contribution >= 0.6 is 11.6 Å². The van der Waals surface area contributed by atoms with Gasteiger partial charge < -0.3 is 97.9 Å². The van der Waals surface area contributed by atoms with E-state index in [2.05, 4.69) is 39.2 Å². The first kappa shape index (κ1) is 112. The van der Waals surface area contributed by atoms with Crippen LogP contribution in [0.5, 0.6) is 0 Å². The fraction of sp³-hybridized carbons (Fsp3) is 0.636. The molecule has 5 saturated carbocycles. The molecular weight excluding hydrogens is 1680 g/mol. The van der Waals surface area contributed by atoms with Crippen molar-refractivity contribution in [1.82, 2.24) is 0 Å². The summed E-state index contributed by atoms with van der Waals surface area (Å²) in [5, 5.41) is 39.2. The Morgan fingerprint density at radius 1 is 0.390 bits per heavy atom. The number of hydrogen-bond acceptors (Lipinski definition) is 32. The Balaban J connectivity index is 0.000000749. The number of halogens is 1. The Morgan fingerprint density at radius 3 is 0.748 bits per heavy atom. The molecule has 32 nitrogen and oxygen atoms in total. The van der Waals surface area contributed by atoms with E-state index in [-0.39, 0.29) is 204 Å². The number of cyclic esters (lactones) is 5. The van der Waals surface area contributed by atoms with Crippen molar-refractivity contribution in [2.24, 2.45) is 29.6 Å². The average molecular weight is 1800 g/mol. The summed E-state index contributed by atoms with van der Waals surface area (Å²) in [6, 6.07) is 0. The van der Waals surface area contributed by atoms with Gasteiger partial charge in [-0.3, -0.25) is 9.59 Å². The minimum atomic E-state index is -1.39. The molecule has 0 radical (unpaired) electrons. The van der Waals surface area contributed by atoms with Crippen molar-refractivity contribution in [3.8, 4) is 61.7 Å². The van der Waals surface area contributed by atoms with Crippen LogP contribution in [-0.4, -0.2) is 163 Å². The van der Waals surface area contributed by atoms with Crippen LogP contribution in [0.25, 0.3) is 0 Å². The maximum Gasteiger partial charge on any atom is 1.00 e. The fourth-order valence-corrected chi connectivity index (χ4v) is 15.5. The maximum atomic E-state index is 12.2. The maximum absolute atomic E-state index is 12.2. The summed E-state index contributed by atoms with van der Waals surface area (Å²) in [6.45, 7) is 21.2. The monoisotopic (exact) mass is 1800 g/mol. The van der Waals surface area contributed by atoms with E-state index < -0.39 is 122 Å². The Hall–Kier alpha value is -7.26. The van der Waals surface area contributed by atoms with Gasteiger partial charge in [0.2, 0.25) is 28.9 Å². The summed E-state index contributed by atoms with van der Waals surface area (Å²) in [5.74, 6) is 0.914. The van der Waals surface area contributed by atoms with Crippen LogP contribution in [0.1, 0.15) is 252 Å². The quantitative estimate of drug-likeness (QED) is 0.0160. The molecule has 35 heteroatoms. The van der Waals surface area contributed by atoms with E-state index in [4.69, 9.17) is 120 Å². The van der Waals surface area contributed by atoms with Crippen molar-refractivity contribution < 1.29 is 258 Å². The topological polar surface area (TPSA) is 436 Å². The Labute approximate surface area is 811 Å². The van der Waals surface area contributed by atoms with Crippen molar-refractivity contribution in [2.75, 3.05) is 19.8 Å². The van der Waals surface area contributed by atoms with Gasteiger partial charge in [-0.05, 0) is 114 Å². The number of terminal acetylenes is 5. The second-order valence-corrected chi connectivity index (χ2v) is 32.5. The van der Waals surface area contributed by atoms with Crippen LogP contribution in [0.4, 0.5) is 0 Å². The third-order valence-corrected chi connectivity index (χ3v) is 20.6. The van der Waals surface area contributed by atoms with Gasteiger partial charge in [0.15, 0.2) is 11.2 Å². The van der Waals surface area contributed by atoms with E-state index in [9.17, 15) is 68.1 Å². The number of ether oxygens (including phenoxy) is 15. The first-order chi connectivity index (χ1) is 56.6. The molecule has 5 atom stereocenters. The van der Waals surface area contributed by atoms with Crippen LogP contribution in [0.15, 0.2) is 59.2 Å². The molecule has 0 aromatic rings. The molecule has 123 heavy (non-hydrogen) atoms. The summed E-state index contributed by atoms with van der Waals surface area (Å²) in [5.41, 5.74) is -6.50. The zero-order chi connectivity index (χ0) is 91.0. The third-order valence-electron chi connectivity index (χ3n) is 20.5. The van der Waals surface area contributed by atoms with Gasteiger partial charge in [0, 0.05) is 100 Å². The molecule has 0 aromatic heterocycles. The summed E-state index contributed by atoms with van der Waals surface area (Å²) >= 11 is 4.69. The molecule has 5 fully saturated rings. The van der Waals surface area contributed by atoms with Crippen LogP contribution in [0, 0.1) is 91.3 Å². The van der Waals surface area contributed by atoms with E-state index in [0.29, 0.717) is 17.3 Å². The summed E-state index contributed by atoms with van der Waals surface area (Å²) in [6.07, 6.45) is 53.4. The Kier molecular flexibility index (Phi) is 46.3. The summed E-state index contributed by atoms with van der Waals surface area (Å²) in [4.78, 5) is 137. The SMILES string of the molecule is C#CC(CC1=CC(=O)OC(C)(C)O1)(OC(=O)C(=O)OCC)C1CCCC1.C#CC(CC1=CC(=O)OC(C)(C)O1)(OC(=O)C(=O)OCC)C1CCCC1.C#CC(O)(CC1=CC(=O)OC(C)(C)O1)C1CCCC1.C#CC(O)(CC1=CC(=O)OC(C)(C)O1)C1CCCC1.C#CC(O)(CC1=CC(=O)OC(C)(C)O1)C1CCCC1.CCOC(=O)C(=O)Cl.O=CO[O-].[H-].[K+].[K+]. The molecule has 0 saturated heterocycles. The number of aliphatic hydroxyl groups is 3. The van der Waals surface area contributed by atoms with Crippen LogP contribution in [-0.2, 0) is 133 Å². The summed E-state index contributed by atoms with van der Waals surface area (Å²) < 4.78 is 77.7. The van der Waals surface area contributed by atoms with Crippen LogP contribution in [0.3, 0.4) is 0 Å². The van der Waals surface area contributed by atoms with Crippen molar-refractivity contribution in [3.63, 3.8) is 0 Å². The van der Waals surface area contributed by atoms with Gasteiger partial charge in [-0.1, -0.05) is 93.8 Å². The molecule has 0 spiro atoms. The number of hydrogen-bond donors (Lipinski definition) is 3. The van der Waals surface area contributed by atoms with Crippen molar-refractivity contribution >= 4 is 83.0 Å². The van der Waals surface area contributed by atoms with Gasteiger partial charge >= 0.3 is 168 Å². The zero-order valence-electron chi connectivity index (χ0n) is 74.1. The van der Waals surface area contributed by atoms with Crippen LogP contribution in [0.2, 0.25) is 0 Å². The van der Waals surface area contributed by atoms with E-state index in [1.54, 1.807) is 90.0 Å². The van der Waals surface area contributed by atoms with Crippen molar-refractivity contribution in [3.05, 3.63) is 59.2 Å². The predicted molar refractivity (Wildman–Crippen MR) is 425 cm³/mol. The van der Waals surface area contributed by atoms with Gasteiger partial charge in [-0.2, -0.15) is 0 Å². The van der Waals surface area contributed by atoms with Gasteiger partial charge in [0.1, 0.15) is 45.6 Å². The molecule has 0 aromatic carbocycles. The molecule has 5 heterocycles. The number of carbonyl (C=O) groups excluding carboxylic acids is 12. The molecule has 3 N–H and O–H groups in total.